The van der Waals surface area contributed by atoms with Crippen LogP contribution in [0.5, 0.6) is 0 Å². The van der Waals surface area contributed by atoms with Gasteiger partial charge in [0.25, 0.3) is 10.5 Å². The van der Waals surface area contributed by atoms with E-state index in [1.54, 1.807) is 53.1 Å². The summed E-state index contributed by atoms with van der Waals surface area (Å²) in [6, 6.07) is 39.0. The Morgan fingerprint density at radius 2 is 0.768 bits per heavy atom. The number of para-hydroxylation sites is 4. The Balaban J connectivity index is 0.000000177. The number of H-pyrrole nitrogens is 4. The maximum absolute atomic E-state index is 12.5. The molecule has 0 saturated carbocycles. The number of ketones is 2. The van der Waals surface area contributed by atoms with Gasteiger partial charge in [-0.05, 0) is 100 Å². The molecule has 11 heterocycles. The highest BCUT2D eigenvalue weighted by molar-refractivity contribution is 7.16. The molecule has 0 aliphatic rings. The zero-order valence-electron chi connectivity index (χ0n) is 63.1. The van der Waals surface area contributed by atoms with Crippen molar-refractivity contribution in [2.75, 3.05) is 7.11 Å². The largest absolute Gasteiger partial charge is 0.477 e. The highest BCUT2D eigenvalue weighted by Gasteiger charge is 2.21. The number of aromatic carboxylic acids is 3. The second-order valence-electron chi connectivity index (χ2n) is 25.7. The van der Waals surface area contributed by atoms with E-state index in [9.17, 15) is 38.4 Å². The van der Waals surface area contributed by atoms with Crippen LogP contribution in [0.15, 0.2) is 181 Å². The van der Waals surface area contributed by atoms with Gasteiger partial charge in [-0.3, -0.25) is 19.2 Å². The van der Waals surface area contributed by atoms with Crippen LogP contribution in [0, 0.1) is 0 Å². The lowest BCUT2D eigenvalue weighted by atomic mass is 10.1. The smallest absolute Gasteiger partial charge is 0.365 e. The zero-order chi connectivity index (χ0) is 81.9. The van der Waals surface area contributed by atoms with Gasteiger partial charge >= 0.3 is 23.9 Å². The molecule has 0 bridgehead atoms. The number of rotatable bonds is 16. The number of nitrogens with zero attached hydrogens (tertiary/aromatic N) is 6. The van der Waals surface area contributed by atoms with Crippen molar-refractivity contribution in [2.24, 2.45) is 0 Å². The molecule has 584 valence electrons. The molecule has 31 heteroatoms. The van der Waals surface area contributed by atoms with Crippen LogP contribution >= 0.6 is 103 Å². The first kappa shape index (κ1) is 88.9. The van der Waals surface area contributed by atoms with E-state index in [1.807, 2.05) is 132 Å². The molecule has 0 amide bonds. The lowest BCUT2D eigenvalue weighted by Gasteiger charge is -1.97. The number of esters is 1. The molecule has 4 aromatic carbocycles. The molecule has 15 aromatic rings. The molecule has 15 rings (SSSR count). The first-order valence-corrected chi connectivity index (χ1v) is 41.3. The summed E-state index contributed by atoms with van der Waals surface area (Å²) in [5, 5.41) is 38.1. The number of aromatic nitrogens is 10. The van der Waals surface area contributed by atoms with E-state index in [0.717, 1.165) is 62.8 Å². The van der Waals surface area contributed by atoms with E-state index in [0.29, 0.717) is 72.9 Å². The van der Waals surface area contributed by atoms with Crippen LogP contribution < -0.4 is 0 Å². The van der Waals surface area contributed by atoms with Crippen LogP contribution in [0.2, 0.25) is 0 Å². The van der Waals surface area contributed by atoms with Crippen molar-refractivity contribution in [3.63, 3.8) is 0 Å². The minimum Gasteiger partial charge on any atom is -0.477 e. The fraction of sp³-hybridized carbons (Fsp3) is 0.235. The van der Waals surface area contributed by atoms with Crippen LogP contribution in [-0.2, 0) is 4.74 Å². The Hall–Kier alpha value is -10.3. The van der Waals surface area contributed by atoms with Crippen molar-refractivity contribution in [2.45, 2.75) is 119 Å². The van der Waals surface area contributed by atoms with Gasteiger partial charge in [-0.25, -0.2) is 49.1 Å². The number of hydrogen-bond acceptors (Lipinski definition) is 22. The summed E-state index contributed by atoms with van der Waals surface area (Å²) in [5.41, 5.74) is 6.81. The monoisotopic (exact) mass is 1680 g/mol. The van der Waals surface area contributed by atoms with Crippen molar-refractivity contribution in [1.29, 1.82) is 0 Å². The third-order valence-electron chi connectivity index (χ3n) is 15.3. The Morgan fingerprint density at radius 3 is 1.12 bits per heavy atom. The molecule has 22 nitrogen and oxygen atoms in total. The third-order valence-corrected chi connectivity index (χ3v) is 24.2. The van der Waals surface area contributed by atoms with Gasteiger partial charge in [-0.2, -0.15) is 0 Å². The minimum atomic E-state index is -1.03. The first-order valence-electron chi connectivity index (χ1n) is 34.6. The number of thiazole rings is 6. The molecule has 0 radical (unpaired) electrons. The summed E-state index contributed by atoms with van der Waals surface area (Å²) in [4.78, 5) is 129. The number of fused-ring (bicyclic) bond motifs is 4. The fourth-order valence-corrected chi connectivity index (χ4v) is 15.2. The van der Waals surface area contributed by atoms with Crippen molar-refractivity contribution in [1.82, 2.24) is 49.8 Å². The SMILES string of the molecule is CC(C)c1cnc(C(=O)Cl)s1.CC(C)c1cnc(C(=O)O)s1.CC(C)c1cnc(C(=O)c2c[nH]c3ccccc23)s1.CC(C)c1nc(C(=O)Cl)cs1.CC(C)c1nc(C(=O)O)cs1.CC(C)c1nc(C(=O)c2c[nH]c3ccccc23)cs1.COC(=O)c1ccc(C(=O)O)s1.c1ccc2[nH]ccc2c1.c1ccc2[nH]ccc2c1. The fourth-order valence-electron chi connectivity index (χ4n) is 9.33. The molecule has 7 N–H and O–H groups in total. The number of methoxy groups -OCH3 is 1. The predicted molar refractivity (Wildman–Crippen MR) is 454 cm³/mol. The van der Waals surface area contributed by atoms with Crippen molar-refractivity contribution in [3.05, 3.63) is 263 Å². The number of thiophene rings is 1. The van der Waals surface area contributed by atoms with Gasteiger partial charge in [-0.15, -0.1) is 79.4 Å². The van der Waals surface area contributed by atoms with Gasteiger partial charge in [0.05, 0.1) is 27.7 Å². The minimum absolute atomic E-state index is 0.00523. The van der Waals surface area contributed by atoms with Crippen LogP contribution in [0.25, 0.3) is 43.6 Å². The van der Waals surface area contributed by atoms with E-state index in [-0.39, 0.29) is 27.1 Å². The molecule has 0 saturated heterocycles. The topological polar surface area (TPSA) is 347 Å². The van der Waals surface area contributed by atoms with E-state index in [1.165, 1.54) is 97.7 Å². The lowest BCUT2D eigenvalue weighted by molar-refractivity contribution is 0.0603. The van der Waals surface area contributed by atoms with Gasteiger partial charge in [-0.1, -0.05) is 156 Å². The van der Waals surface area contributed by atoms with Crippen molar-refractivity contribution < 1.29 is 58.4 Å². The van der Waals surface area contributed by atoms with Crippen LogP contribution in [0.1, 0.15) is 240 Å². The predicted octanol–water partition coefficient (Wildman–Crippen LogP) is 22.7. The number of carbonyl (C=O) groups excluding carboxylic acids is 5. The Morgan fingerprint density at radius 1 is 0.384 bits per heavy atom. The number of benzene rings is 4. The summed E-state index contributed by atoms with van der Waals surface area (Å²) in [6.45, 7) is 24.5. The van der Waals surface area contributed by atoms with Gasteiger partial charge in [0.2, 0.25) is 16.6 Å². The first-order chi connectivity index (χ1) is 53.3. The molecule has 0 fully saturated rings. The van der Waals surface area contributed by atoms with Crippen LogP contribution in [0.3, 0.4) is 0 Å². The highest BCUT2D eigenvalue weighted by Crippen LogP contribution is 2.30. The van der Waals surface area contributed by atoms with E-state index < -0.39 is 34.4 Å². The molecule has 0 aliphatic carbocycles. The number of halogens is 2. The molecule has 0 spiro atoms. The zero-order valence-corrected chi connectivity index (χ0v) is 70.3. The number of nitrogens with one attached hydrogen (secondary N) is 4. The van der Waals surface area contributed by atoms with E-state index in [4.69, 9.17) is 38.5 Å². The van der Waals surface area contributed by atoms with Crippen molar-refractivity contribution in [3.8, 4) is 0 Å². The molecule has 11 aromatic heterocycles. The standard InChI is InChI=1S/2C15H14N2OS.2C8H7N.2C7H8ClNOS.2C7H9NO2S.C7H6O4S/c1-9(2)15-17-13(8-19-15)14(18)11-7-16-12-6-4-3-5-10(11)12;1-9(2)13-8-17-15(19-13)14(18)11-7-16-12-6-4-3-5-10(11)12;2*1-2-4-8-7(3-1)5-6-9-8;1-4(2)7-9-5(3-11-7)6(8)10;1-4(2)5-3-9-7(11-5)6(8)10;1-4(2)6-8-5(3-11-6)7(9)10;1-4(2)5-3-8-6(11-5)7(9)10;1-11-7(10)5-3-2-4(12-5)6(8)9/h2*3-9,16H,1-2H3;2*1-6,9H;2*3-4H,1-2H3;2*3-4H,1-2H3,(H,9,10);2-3H,1H3,(H,8,9). The number of ether oxygens (including phenoxy) is 1. The average molecular weight is 1680 g/mol. The third kappa shape index (κ3) is 26.1. The quantitative estimate of drug-likeness (QED) is 0.0268. The Labute approximate surface area is 684 Å². The molecule has 112 heavy (non-hydrogen) atoms. The summed E-state index contributed by atoms with van der Waals surface area (Å²) in [7, 11) is 1.25. The molecular weight excluding hydrogens is 1600 g/mol. The average Bonchev–Trinajstić information content (AvgIpc) is 1.66. The number of hydrogen-bond donors (Lipinski definition) is 7. The Bertz CT molecular complexity index is 5110. The van der Waals surface area contributed by atoms with Gasteiger partial charge in [0, 0.05) is 130 Å². The second-order valence-corrected chi connectivity index (χ2v) is 33.4. The molecule has 0 aliphatic heterocycles. The van der Waals surface area contributed by atoms with Gasteiger partial charge < -0.3 is 40.0 Å². The summed E-state index contributed by atoms with van der Waals surface area (Å²) >= 11 is 19.8. The highest BCUT2D eigenvalue weighted by atomic mass is 35.5. The van der Waals surface area contributed by atoms with Gasteiger partial charge in [0.1, 0.15) is 21.1 Å². The summed E-state index contributed by atoms with van der Waals surface area (Å²) in [6.07, 6.45) is 12.6. The maximum Gasteiger partial charge on any atom is 0.365 e. The molecular formula is C81H82Cl2N10O12S7. The number of aromatic amines is 4. The second kappa shape index (κ2) is 43.5. The molecule has 0 unspecified atom stereocenters. The number of carboxylic acid groups (broad SMARTS) is 3. The molecule has 0 atom stereocenters. The number of carboxylic acids is 3. The van der Waals surface area contributed by atoms with Crippen LogP contribution in [0.4, 0.5) is 0 Å². The van der Waals surface area contributed by atoms with Crippen LogP contribution in [-0.4, -0.2) is 118 Å². The summed E-state index contributed by atoms with van der Waals surface area (Å²) in [5.74, 6) is -1.24. The Kier molecular flexibility index (Phi) is 34.5. The van der Waals surface area contributed by atoms with E-state index >= 15 is 0 Å². The normalized spacial score (nSPS) is 10.6. The van der Waals surface area contributed by atoms with Crippen molar-refractivity contribution >= 4 is 192 Å². The summed E-state index contributed by atoms with van der Waals surface area (Å²) < 4.78 is 4.41. The maximum atomic E-state index is 12.5. The van der Waals surface area contributed by atoms with E-state index in [2.05, 4.69) is 133 Å². The van der Waals surface area contributed by atoms with Gasteiger partial charge in [0.15, 0.2) is 15.7 Å². The number of carbonyl (C=O) groups is 8. The lowest BCUT2D eigenvalue weighted by Crippen LogP contribution is -2.01.